The molecule has 0 saturated carbocycles. The van der Waals surface area contributed by atoms with E-state index in [4.69, 9.17) is 23.4 Å². The lowest BCUT2D eigenvalue weighted by Gasteiger charge is -2.11. The molecule has 2 aromatic carbocycles. The van der Waals surface area contributed by atoms with Crippen molar-refractivity contribution in [1.29, 1.82) is 0 Å². The lowest BCUT2D eigenvalue weighted by Crippen LogP contribution is -2.09. The topological polar surface area (TPSA) is 96.6 Å². The Labute approximate surface area is 217 Å². The highest BCUT2D eigenvalue weighted by Gasteiger charge is 2.26. The molecule has 0 bridgehead atoms. The number of furan rings is 1. The fraction of sp³-hybridized carbons (Fsp3) is 0.160. The summed E-state index contributed by atoms with van der Waals surface area (Å²) in [6.07, 6.45) is 2.85. The molecule has 0 aliphatic carbocycles. The van der Waals surface area contributed by atoms with Crippen molar-refractivity contribution in [2.24, 2.45) is 4.99 Å². The largest absolute Gasteiger partial charge is 0.490 e. The summed E-state index contributed by atoms with van der Waals surface area (Å²) in [6, 6.07) is 11.6. The van der Waals surface area contributed by atoms with Gasteiger partial charge in [-0.1, -0.05) is 15.9 Å². The summed E-state index contributed by atoms with van der Waals surface area (Å²) in [5, 5.41) is 0. The van der Waals surface area contributed by atoms with Gasteiger partial charge in [0.2, 0.25) is 11.7 Å². The Morgan fingerprint density at radius 3 is 2.54 bits per heavy atom. The number of hydrogen-bond donors (Lipinski definition) is 0. The number of carbonyl (C=O) groups is 2. The molecule has 2 heterocycles. The molecular formula is C25H19Br2NO7. The second-order valence-corrected chi connectivity index (χ2v) is 8.81. The summed E-state index contributed by atoms with van der Waals surface area (Å²) >= 11 is 6.81. The molecule has 0 spiro atoms. The molecule has 8 nitrogen and oxygen atoms in total. The van der Waals surface area contributed by atoms with Gasteiger partial charge in [-0.05, 0) is 78.3 Å². The van der Waals surface area contributed by atoms with Crippen molar-refractivity contribution in [2.75, 3.05) is 13.2 Å². The zero-order valence-corrected chi connectivity index (χ0v) is 21.8. The molecule has 0 unspecified atom stereocenters. The molecule has 0 N–H and O–H groups in total. The number of nitrogens with zero attached hydrogens (tertiary/aromatic N) is 1. The number of hydrogen-bond acceptors (Lipinski definition) is 8. The first-order chi connectivity index (χ1) is 16.9. The summed E-state index contributed by atoms with van der Waals surface area (Å²) in [6.45, 7) is 4.67. The molecule has 1 aromatic heterocycles. The van der Waals surface area contributed by atoms with E-state index >= 15 is 0 Å². The number of ether oxygens (including phenoxy) is 4. The Morgan fingerprint density at radius 1 is 1.06 bits per heavy atom. The Kier molecular flexibility index (Phi) is 7.72. The van der Waals surface area contributed by atoms with E-state index in [1.165, 1.54) is 18.4 Å². The minimum absolute atomic E-state index is 0.0344. The molecule has 4 rings (SSSR count). The molecule has 180 valence electrons. The van der Waals surface area contributed by atoms with Crippen molar-refractivity contribution in [2.45, 2.75) is 13.8 Å². The highest BCUT2D eigenvalue weighted by molar-refractivity contribution is 9.11. The molecule has 0 fully saturated rings. The predicted octanol–water partition coefficient (Wildman–Crippen LogP) is 6.17. The third-order valence-corrected chi connectivity index (χ3v) is 5.70. The molecular weight excluding hydrogens is 586 g/mol. The van der Waals surface area contributed by atoms with Crippen molar-refractivity contribution in [3.05, 3.63) is 80.3 Å². The van der Waals surface area contributed by atoms with Crippen molar-refractivity contribution in [3.8, 4) is 17.2 Å². The van der Waals surface area contributed by atoms with Gasteiger partial charge >= 0.3 is 11.9 Å². The van der Waals surface area contributed by atoms with Gasteiger partial charge in [-0.3, -0.25) is 0 Å². The summed E-state index contributed by atoms with van der Waals surface area (Å²) in [7, 11) is 0. The van der Waals surface area contributed by atoms with Crippen LogP contribution in [0.25, 0.3) is 6.08 Å². The minimum atomic E-state index is -0.686. The fourth-order valence-electron chi connectivity index (χ4n) is 3.20. The van der Waals surface area contributed by atoms with Gasteiger partial charge in [-0.25, -0.2) is 14.6 Å². The van der Waals surface area contributed by atoms with Crippen molar-refractivity contribution >= 4 is 55.8 Å². The zero-order chi connectivity index (χ0) is 24.9. The van der Waals surface area contributed by atoms with Gasteiger partial charge in [-0.15, -0.1) is 0 Å². The maximum atomic E-state index is 12.6. The molecule has 0 atom stereocenters. The smallest absolute Gasteiger partial charge is 0.379 e. The van der Waals surface area contributed by atoms with Crippen molar-refractivity contribution in [1.82, 2.24) is 0 Å². The second-order valence-electron chi connectivity index (χ2n) is 7.04. The SMILES string of the molecule is CCOc1ccc(C2=N/C(=C\c3cc(Br)cc(Br)c3OC(=O)c3ccco3)C(=O)O2)cc1OCC. The van der Waals surface area contributed by atoms with Gasteiger partial charge < -0.3 is 23.4 Å². The summed E-state index contributed by atoms with van der Waals surface area (Å²) in [4.78, 5) is 29.4. The standard InChI is InChI=1S/C25H19Br2NO7/c1-3-31-19-8-7-14(12-21(19)32-4-2)23-28-18(24(29)35-23)11-15-10-16(26)13-17(27)22(15)34-25(30)20-6-5-9-33-20/h5-13H,3-4H2,1-2H3/b18-11-. The van der Waals surface area contributed by atoms with Crippen molar-refractivity contribution in [3.63, 3.8) is 0 Å². The van der Waals surface area contributed by atoms with Crippen LogP contribution < -0.4 is 14.2 Å². The number of benzene rings is 2. The first-order valence-corrected chi connectivity index (χ1v) is 12.2. The Hall–Kier alpha value is -3.37. The maximum Gasteiger partial charge on any atom is 0.379 e. The number of carbonyl (C=O) groups excluding carboxylic acids is 2. The Morgan fingerprint density at radius 2 is 1.83 bits per heavy atom. The maximum absolute atomic E-state index is 12.6. The van der Waals surface area contributed by atoms with E-state index in [1.807, 2.05) is 13.8 Å². The number of cyclic esters (lactones) is 1. The molecule has 0 radical (unpaired) electrons. The van der Waals surface area contributed by atoms with Crippen LogP contribution in [-0.4, -0.2) is 31.1 Å². The van der Waals surface area contributed by atoms with E-state index in [9.17, 15) is 9.59 Å². The molecule has 0 saturated heterocycles. The zero-order valence-electron chi connectivity index (χ0n) is 18.7. The molecule has 1 aliphatic heterocycles. The van der Waals surface area contributed by atoms with Crippen LogP contribution in [0.3, 0.4) is 0 Å². The normalized spacial score (nSPS) is 14.0. The highest BCUT2D eigenvalue weighted by Crippen LogP contribution is 2.36. The molecule has 1 aliphatic rings. The third kappa shape index (κ3) is 5.66. The van der Waals surface area contributed by atoms with E-state index in [2.05, 4.69) is 36.9 Å². The monoisotopic (exact) mass is 603 g/mol. The van der Waals surface area contributed by atoms with Gasteiger partial charge in [0, 0.05) is 15.6 Å². The second kappa shape index (κ2) is 10.9. The summed E-state index contributed by atoms with van der Waals surface area (Å²) < 4.78 is 28.5. The van der Waals surface area contributed by atoms with Gasteiger partial charge in [0.15, 0.2) is 22.9 Å². The average Bonchev–Trinajstić information content (AvgIpc) is 3.48. The molecule has 35 heavy (non-hydrogen) atoms. The van der Waals surface area contributed by atoms with E-state index in [1.54, 1.807) is 36.4 Å². The van der Waals surface area contributed by atoms with Crippen LogP contribution in [0.4, 0.5) is 0 Å². The Bertz CT molecular complexity index is 1330. The Balaban J connectivity index is 1.69. The van der Waals surface area contributed by atoms with Gasteiger partial charge in [0.1, 0.15) is 0 Å². The number of rotatable bonds is 8. The average molecular weight is 605 g/mol. The van der Waals surface area contributed by atoms with E-state index < -0.39 is 11.9 Å². The first kappa shape index (κ1) is 24.7. The van der Waals surface area contributed by atoms with Crippen LogP contribution in [0, 0.1) is 0 Å². The van der Waals surface area contributed by atoms with E-state index in [0.717, 1.165) is 0 Å². The minimum Gasteiger partial charge on any atom is -0.490 e. The molecule has 0 amide bonds. The first-order valence-electron chi connectivity index (χ1n) is 10.6. The number of esters is 2. The van der Waals surface area contributed by atoms with Gasteiger partial charge in [0.05, 0.1) is 23.9 Å². The quantitative estimate of drug-likeness (QED) is 0.172. The fourth-order valence-corrected chi connectivity index (χ4v) is 4.54. The van der Waals surface area contributed by atoms with Crippen LogP contribution in [0.5, 0.6) is 17.2 Å². The van der Waals surface area contributed by atoms with E-state index in [-0.39, 0.29) is 23.1 Å². The highest BCUT2D eigenvalue weighted by atomic mass is 79.9. The number of aliphatic imine (C=N–C) groups is 1. The lowest BCUT2D eigenvalue weighted by atomic mass is 10.1. The lowest BCUT2D eigenvalue weighted by molar-refractivity contribution is -0.129. The van der Waals surface area contributed by atoms with Crippen LogP contribution >= 0.6 is 31.9 Å². The molecule has 3 aromatic rings. The van der Waals surface area contributed by atoms with Crippen LogP contribution in [0.15, 0.2) is 72.8 Å². The van der Waals surface area contributed by atoms with E-state index in [0.29, 0.717) is 44.8 Å². The third-order valence-electron chi connectivity index (χ3n) is 4.66. The van der Waals surface area contributed by atoms with Crippen LogP contribution in [-0.2, 0) is 9.53 Å². The summed E-state index contributed by atoms with van der Waals surface area (Å²) in [5.41, 5.74) is 1.01. The molecule has 10 heteroatoms. The van der Waals surface area contributed by atoms with Gasteiger partial charge in [0.25, 0.3) is 0 Å². The summed E-state index contributed by atoms with van der Waals surface area (Å²) in [5.74, 6) is 0.123. The van der Waals surface area contributed by atoms with Gasteiger partial charge in [-0.2, -0.15) is 0 Å². The van der Waals surface area contributed by atoms with Crippen LogP contribution in [0.1, 0.15) is 35.5 Å². The number of halogens is 2. The van der Waals surface area contributed by atoms with Crippen LogP contribution in [0.2, 0.25) is 0 Å². The van der Waals surface area contributed by atoms with Crippen molar-refractivity contribution < 1.29 is 33.0 Å². The predicted molar refractivity (Wildman–Crippen MR) is 135 cm³/mol.